The van der Waals surface area contributed by atoms with Crippen molar-refractivity contribution in [2.45, 2.75) is 45.1 Å². The van der Waals surface area contributed by atoms with Gasteiger partial charge in [0.05, 0.1) is 17.8 Å². The van der Waals surface area contributed by atoms with Gasteiger partial charge < -0.3 is 0 Å². The molecule has 0 N–H and O–H groups in total. The molecule has 5 heteroatoms. The molecule has 0 aliphatic carbocycles. The highest BCUT2D eigenvalue weighted by molar-refractivity contribution is 6.26. The van der Waals surface area contributed by atoms with E-state index in [4.69, 9.17) is 0 Å². The molecule has 0 aromatic heterocycles. The maximum Gasteiger partial charge on any atom is 0.278 e. The Hall–Kier alpha value is -3.99. The Bertz CT molecular complexity index is 1340. The first-order valence-corrected chi connectivity index (χ1v) is 11.9. The number of benzene rings is 3. The SMILES string of the molecule is CC(C)(C)c1ccccc1N1C(=O)C[C@H](c2ccccc2)C2=C1C(=O)N(Cc1ccccc1)C2=O. The Labute approximate surface area is 205 Å². The van der Waals surface area contributed by atoms with Crippen molar-refractivity contribution in [1.29, 1.82) is 0 Å². The summed E-state index contributed by atoms with van der Waals surface area (Å²) in [4.78, 5) is 44.2. The van der Waals surface area contributed by atoms with Gasteiger partial charge in [0, 0.05) is 12.3 Å². The molecule has 176 valence electrons. The fourth-order valence-electron chi connectivity index (χ4n) is 5.04. The van der Waals surface area contributed by atoms with Gasteiger partial charge in [-0.3, -0.25) is 24.2 Å². The van der Waals surface area contributed by atoms with E-state index in [1.54, 1.807) is 0 Å². The van der Waals surface area contributed by atoms with Crippen LogP contribution in [0.4, 0.5) is 5.69 Å². The summed E-state index contributed by atoms with van der Waals surface area (Å²) in [5.74, 6) is -1.40. The zero-order valence-electron chi connectivity index (χ0n) is 20.2. The molecule has 1 atom stereocenters. The minimum atomic E-state index is -0.464. The Kier molecular flexibility index (Phi) is 5.64. The van der Waals surface area contributed by atoms with Crippen LogP contribution in [0.5, 0.6) is 0 Å². The molecule has 0 radical (unpaired) electrons. The van der Waals surface area contributed by atoms with Crippen LogP contribution >= 0.6 is 0 Å². The van der Waals surface area contributed by atoms with Gasteiger partial charge in [0.15, 0.2) is 0 Å². The number of imide groups is 1. The van der Waals surface area contributed by atoms with Crippen molar-refractivity contribution in [2.75, 3.05) is 4.90 Å². The molecule has 5 rings (SSSR count). The molecule has 5 nitrogen and oxygen atoms in total. The summed E-state index contributed by atoms with van der Waals surface area (Å²) in [6.45, 7) is 6.39. The van der Waals surface area contributed by atoms with Gasteiger partial charge >= 0.3 is 0 Å². The van der Waals surface area contributed by atoms with Crippen molar-refractivity contribution in [3.8, 4) is 0 Å². The fourth-order valence-corrected chi connectivity index (χ4v) is 5.04. The molecule has 3 aromatic rings. The lowest BCUT2D eigenvalue weighted by atomic mass is 9.82. The predicted octanol–water partition coefficient (Wildman–Crippen LogP) is 5.33. The van der Waals surface area contributed by atoms with E-state index in [-0.39, 0.29) is 35.9 Å². The van der Waals surface area contributed by atoms with E-state index in [0.717, 1.165) is 16.7 Å². The molecule has 0 saturated carbocycles. The molecule has 35 heavy (non-hydrogen) atoms. The molecule has 0 fully saturated rings. The molecule has 2 heterocycles. The molecule has 0 spiro atoms. The quantitative estimate of drug-likeness (QED) is 0.491. The topological polar surface area (TPSA) is 57.7 Å². The smallest absolute Gasteiger partial charge is 0.275 e. The first-order valence-electron chi connectivity index (χ1n) is 11.9. The van der Waals surface area contributed by atoms with Crippen LogP contribution < -0.4 is 4.90 Å². The average Bonchev–Trinajstić information content (AvgIpc) is 3.09. The van der Waals surface area contributed by atoms with E-state index in [1.807, 2.05) is 84.9 Å². The second-order valence-electron chi connectivity index (χ2n) is 10.1. The van der Waals surface area contributed by atoms with E-state index in [2.05, 4.69) is 20.8 Å². The molecular formula is C30H28N2O3. The summed E-state index contributed by atoms with van der Waals surface area (Å²) >= 11 is 0. The van der Waals surface area contributed by atoms with Crippen LogP contribution in [0.1, 0.15) is 49.8 Å². The summed E-state index contributed by atoms with van der Waals surface area (Å²) < 4.78 is 0. The van der Waals surface area contributed by atoms with Crippen LogP contribution in [0.15, 0.2) is 96.2 Å². The van der Waals surface area contributed by atoms with E-state index >= 15 is 0 Å². The van der Waals surface area contributed by atoms with Crippen molar-refractivity contribution in [3.05, 3.63) is 113 Å². The lowest BCUT2D eigenvalue weighted by Gasteiger charge is -2.35. The number of carbonyl (C=O) groups excluding carboxylic acids is 3. The first-order chi connectivity index (χ1) is 16.8. The predicted molar refractivity (Wildman–Crippen MR) is 135 cm³/mol. The summed E-state index contributed by atoms with van der Waals surface area (Å²) in [5.41, 5.74) is 3.65. The number of hydrogen-bond donors (Lipinski definition) is 0. The number of anilines is 1. The normalized spacial score (nSPS) is 18.4. The van der Waals surface area contributed by atoms with E-state index < -0.39 is 11.8 Å². The zero-order valence-corrected chi connectivity index (χ0v) is 20.2. The number of rotatable bonds is 4. The fraction of sp³-hybridized carbons (Fsp3) is 0.233. The van der Waals surface area contributed by atoms with Gasteiger partial charge in [0.2, 0.25) is 5.91 Å². The molecule has 0 unspecified atom stereocenters. The van der Waals surface area contributed by atoms with Crippen molar-refractivity contribution >= 4 is 23.4 Å². The summed E-state index contributed by atoms with van der Waals surface area (Å²) in [5, 5.41) is 0. The summed E-state index contributed by atoms with van der Waals surface area (Å²) in [7, 11) is 0. The van der Waals surface area contributed by atoms with Crippen LogP contribution in [0.25, 0.3) is 0 Å². The van der Waals surface area contributed by atoms with Crippen molar-refractivity contribution in [3.63, 3.8) is 0 Å². The summed E-state index contributed by atoms with van der Waals surface area (Å²) in [6, 6.07) is 26.6. The molecule has 3 aromatic carbocycles. The van der Waals surface area contributed by atoms with Crippen LogP contribution in [-0.2, 0) is 26.3 Å². The second kappa shape index (κ2) is 8.66. The van der Waals surface area contributed by atoms with Crippen molar-refractivity contribution < 1.29 is 14.4 Å². The number of hydrogen-bond acceptors (Lipinski definition) is 3. The van der Waals surface area contributed by atoms with Gasteiger partial charge in [-0.2, -0.15) is 0 Å². The molecular weight excluding hydrogens is 436 g/mol. The van der Waals surface area contributed by atoms with E-state index in [1.165, 1.54) is 9.80 Å². The number of para-hydroxylation sites is 1. The number of amides is 3. The second-order valence-corrected chi connectivity index (χ2v) is 10.1. The van der Waals surface area contributed by atoms with E-state index in [9.17, 15) is 14.4 Å². The summed E-state index contributed by atoms with van der Waals surface area (Å²) in [6.07, 6.45) is 0.125. The Morgan fingerprint density at radius 3 is 2.03 bits per heavy atom. The highest BCUT2D eigenvalue weighted by Gasteiger charge is 2.50. The molecule has 2 aliphatic rings. The van der Waals surface area contributed by atoms with Crippen LogP contribution in [0.2, 0.25) is 0 Å². The highest BCUT2D eigenvalue weighted by atomic mass is 16.2. The van der Waals surface area contributed by atoms with Crippen molar-refractivity contribution in [2.24, 2.45) is 0 Å². The number of carbonyl (C=O) groups is 3. The average molecular weight is 465 g/mol. The lowest BCUT2D eigenvalue weighted by Crippen LogP contribution is -2.40. The largest absolute Gasteiger partial charge is 0.278 e. The molecule has 3 amide bonds. The minimum Gasteiger partial charge on any atom is -0.275 e. The Morgan fingerprint density at radius 2 is 1.37 bits per heavy atom. The van der Waals surface area contributed by atoms with Gasteiger partial charge in [-0.15, -0.1) is 0 Å². The van der Waals surface area contributed by atoms with Crippen molar-refractivity contribution in [1.82, 2.24) is 4.90 Å². The third-order valence-electron chi connectivity index (χ3n) is 6.72. The third-order valence-corrected chi connectivity index (χ3v) is 6.72. The van der Waals surface area contributed by atoms with Gasteiger partial charge in [-0.25, -0.2) is 0 Å². The lowest BCUT2D eigenvalue weighted by molar-refractivity contribution is -0.138. The van der Waals surface area contributed by atoms with Crippen LogP contribution in [0.3, 0.4) is 0 Å². The first kappa shape index (κ1) is 22.8. The monoisotopic (exact) mass is 464 g/mol. The van der Waals surface area contributed by atoms with Crippen LogP contribution in [-0.4, -0.2) is 22.6 Å². The Morgan fingerprint density at radius 1 is 0.771 bits per heavy atom. The number of nitrogens with zero attached hydrogens (tertiary/aromatic N) is 2. The highest BCUT2D eigenvalue weighted by Crippen LogP contribution is 2.45. The molecule has 0 saturated heterocycles. The maximum atomic E-state index is 13.9. The molecule has 0 bridgehead atoms. The maximum absolute atomic E-state index is 13.9. The molecule has 2 aliphatic heterocycles. The van der Waals surface area contributed by atoms with Gasteiger partial charge in [0.1, 0.15) is 5.70 Å². The third kappa shape index (κ3) is 3.97. The Balaban J connectivity index is 1.68. The van der Waals surface area contributed by atoms with Gasteiger partial charge in [-0.05, 0) is 28.2 Å². The minimum absolute atomic E-state index is 0.125. The standard InChI is InChI=1S/C30H28N2O3/c1-30(2,3)23-16-10-11-17-24(23)32-25(33)18-22(21-14-8-5-9-15-21)26-27(32)29(35)31(28(26)34)19-20-12-6-4-7-13-20/h4-17,22H,18-19H2,1-3H3/t22-/m1/s1. The zero-order chi connectivity index (χ0) is 24.7. The van der Waals surface area contributed by atoms with Gasteiger partial charge in [-0.1, -0.05) is 99.6 Å². The van der Waals surface area contributed by atoms with Crippen LogP contribution in [0, 0.1) is 0 Å². The van der Waals surface area contributed by atoms with E-state index in [0.29, 0.717) is 11.3 Å². The van der Waals surface area contributed by atoms with Gasteiger partial charge in [0.25, 0.3) is 11.8 Å².